The summed E-state index contributed by atoms with van der Waals surface area (Å²) in [6.45, 7) is 9.24. The number of hydrogen-bond donors (Lipinski definition) is 1. The van der Waals surface area contributed by atoms with Gasteiger partial charge in [0.1, 0.15) is 0 Å². The van der Waals surface area contributed by atoms with E-state index in [1.165, 1.54) is 6.42 Å². The van der Waals surface area contributed by atoms with Gasteiger partial charge >= 0.3 is 0 Å². The standard InChI is InChI=1S/C16H25N3O/c1-13(2)7-8-18-9-11-19(12-10-18)16(20)14-3-5-15(17)6-4-14/h3-6,13H,7-12,17H2,1-2H3. The summed E-state index contributed by atoms with van der Waals surface area (Å²) in [6, 6.07) is 7.18. The molecule has 1 aromatic rings. The summed E-state index contributed by atoms with van der Waals surface area (Å²) in [5, 5.41) is 0. The van der Waals surface area contributed by atoms with Gasteiger partial charge in [-0.2, -0.15) is 0 Å². The van der Waals surface area contributed by atoms with Crippen molar-refractivity contribution in [2.45, 2.75) is 20.3 Å². The average Bonchev–Trinajstić information content (AvgIpc) is 2.46. The maximum Gasteiger partial charge on any atom is 0.253 e. The lowest BCUT2D eigenvalue weighted by Gasteiger charge is -2.35. The van der Waals surface area contributed by atoms with Gasteiger partial charge in [-0.3, -0.25) is 9.69 Å². The minimum absolute atomic E-state index is 0.119. The highest BCUT2D eigenvalue weighted by Gasteiger charge is 2.21. The molecule has 2 rings (SSSR count). The fourth-order valence-electron chi connectivity index (χ4n) is 2.42. The summed E-state index contributed by atoms with van der Waals surface area (Å²) < 4.78 is 0. The van der Waals surface area contributed by atoms with Crippen LogP contribution in [-0.2, 0) is 0 Å². The Morgan fingerprint density at radius 2 is 1.75 bits per heavy atom. The molecule has 1 saturated heterocycles. The summed E-state index contributed by atoms with van der Waals surface area (Å²) in [4.78, 5) is 16.7. The number of benzene rings is 1. The Morgan fingerprint density at radius 3 is 2.30 bits per heavy atom. The molecule has 4 heteroatoms. The summed E-state index contributed by atoms with van der Waals surface area (Å²) in [5.74, 6) is 0.859. The molecule has 0 saturated carbocycles. The van der Waals surface area contributed by atoms with Gasteiger partial charge in [0.05, 0.1) is 0 Å². The van der Waals surface area contributed by atoms with Crippen LogP contribution in [0.1, 0.15) is 30.6 Å². The first-order chi connectivity index (χ1) is 9.56. The van der Waals surface area contributed by atoms with Gasteiger partial charge < -0.3 is 10.6 Å². The number of anilines is 1. The predicted octanol–water partition coefficient (Wildman–Crippen LogP) is 2.07. The summed E-state index contributed by atoms with van der Waals surface area (Å²) in [7, 11) is 0. The van der Waals surface area contributed by atoms with E-state index in [2.05, 4.69) is 18.7 Å². The maximum atomic E-state index is 12.4. The van der Waals surface area contributed by atoms with Crippen LogP contribution in [0.15, 0.2) is 24.3 Å². The van der Waals surface area contributed by atoms with Crippen molar-refractivity contribution in [1.82, 2.24) is 9.80 Å². The molecule has 0 spiro atoms. The molecule has 0 aromatic heterocycles. The number of carbonyl (C=O) groups is 1. The van der Waals surface area contributed by atoms with Crippen molar-refractivity contribution in [3.05, 3.63) is 29.8 Å². The van der Waals surface area contributed by atoms with Gasteiger partial charge in [-0.1, -0.05) is 13.8 Å². The second-order valence-electron chi connectivity index (χ2n) is 5.94. The Hall–Kier alpha value is -1.55. The third-order valence-corrected chi connectivity index (χ3v) is 3.84. The average molecular weight is 275 g/mol. The van der Waals surface area contributed by atoms with E-state index in [4.69, 9.17) is 5.73 Å². The minimum Gasteiger partial charge on any atom is -0.399 e. The van der Waals surface area contributed by atoms with Gasteiger partial charge in [0, 0.05) is 37.4 Å². The smallest absolute Gasteiger partial charge is 0.253 e. The largest absolute Gasteiger partial charge is 0.399 e. The monoisotopic (exact) mass is 275 g/mol. The molecule has 1 amide bonds. The Kier molecular flexibility index (Phi) is 5.01. The van der Waals surface area contributed by atoms with Crippen LogP contribution >= 0.6 is 0 Å². The fourth-order valence-corrected chi connectivity index (χ4v) is 2.42. The van der Waals surface area contributed by atoms with Crippen LogP contribution in [0.2, 0.25) is 0 Å². The zero-order valence-corrected chi connectivity index (χ0v) is 12.5. The minimum atomic E-state index is 0.119. The Morgan fingerprint density at radius 1 is 1.15 bits per heavy atom. The molecule has 1 aliphatic heterocycles. The Labute approximate surface area is 121 Å². The molecular weight excluding hydrogens is 250 g/mol. The number of nitrogens with zero attached hydrogens (tertiary/aromatic N) is 2. The quantitative estimate of drug-likeness (QED) is 0.856. The van der Waals surface area contributed by atoms with Gasteiger partial charge in [-0.15, -0.1) is 0 Å². The number of amides is 1. The summed E-state index contributed by atoms with van der Waals surface area (Å²) in [6.07, 6.45) is 1.23. The molecule has 0 atom stereocenters. The number of hydrogen-bond acceptors (Lipinski definition) is 3. The van der Waals surface area contributed by atoms with Crippen LogP contribution < -0.4 is 5.73 Å². The van der Waals surface area contributed by atoms with E-state index in [0.717, 1.165) is 44.2 Å². The SMILES string of the molecule is CC(C)CCN1CCN(C(=O)c2ccc(N)cc2)CC1. The van der Waals surface area contributed by atoms with E-state index < -0.39 is 0 Å². The second kappa shape index (κ2) is 6.75. The topological polar surface area (TPSA) is 49.6 Å². The van der Waals surface area contributed by atoms with E-state index in [0.29, 0.717) is 5.69 Å². The number of nitrogen functional groups attached to an aromatic ring is 1. The molecule has 1 aromatic carbocycles. The molecule has 0 radical (unpaired) electrons. The van der Waals surface area contributed by atoms with Crippen LogP contribution in [0.4, 0.5) is 5.69 Å². The van der Waals surface area contributed by atoms with Crippen molar-refractivity contribution in [3.8, 4) is 0 Å². The number of nitrogens with two attached hydrogens (primary N) is 1. The lowest BCUT2D eigenvalue weighted by Crippen LogP contribution is -2.48. The van der Waals surface area contributed by atoms with E-state index in [1.807, 2.05) is 17.0 Å². The van der Waals surface area contributed by atoms with Gasteiger partial charge in [0.25, 0.3) is 5.91 Å². The van der Waals surface area contributed by atoms with Crippen molar-refractivity contribution in [2.75, 3.05) is 38.5 Å². The molecule has 0 bridgehead atoms. The van der Waals surface area contributed by atoms with Gasteiger partial charge in [0.2, 0.25) is 0 Å². The third kappa shape index (κ3) is 3.97. The van der Waals surface area contributed by atoms with Crippen molar-refractivity contribution >= 4 is 11.6 Å². The molecular formula is C16H25N3O. The van der Waals surface area contributed by atoms with Crippen LogP contribution in [0.5, 0.6) is 0 Å². The molecule has 1 heterocycles. The number of piperazine rings is 1. The number of rotatable bonds is 4. The second-order valence-corrected chi connectivity index (χ2v) is 5.94. The van der Waals surface area contributed by atoms with E-state index in [1.54, 1.807) is 12.1 Å². The van der Waals surface area contributed by atoms with Crippen LogP contribution in [0.25, 0.3) is 0 Å². The Balaban J connectivity index is 1.84. The van der Waals surface area contributed by atoms with Crippen LogP contribution in [0.3, 0.4) is 0 Å². The zero-order valence-electron chi connectivity index (χ0n) is 12.5. The predicted molar refractivity (Wildman–Crippen MR) is 82.7 cm³/mol. The zero-order chi connectivity index (χ0) is 14.5. The first-order valence-electron chi connectivity index (χ1n) is 7.43. The van der Waals surface area contributed by atoms with Crippen molar-refractivity contribution in [1.29, 1.82) is 0 Å². The molecule has 110 valence electrons. The van der Waals surface area contributed by atoms with Gasteiger partial charge in [-0.05, 0) is 43.1 Å². The molecule has 1 fully saturated rings. The van der Waals surface area contributed by atoms with E-state index >= 15 is 0 Å². The third-order valence-electron chi connectivity index (χ3n) is 3.84. The van der Waals surface area contributed by atoms with Crippen molar-refractivity contribution in [2.24, 2.45) is 5.92 Å². The molecule has 0 unspecified atom stereocenters. The summed E-state index contributed by atoms with van der Waals surface area (Å²) in [5.41, 5.74) is 7.08. The highest BCUT2D eigenvalue weighted by molar-refractivity contribution is 5.94. The van der Waals surface area contributed by atoms with Crippen LogP contribution in [-0.4, -0.2) is 48.4 Å². The number of carbonyl (C=O) groups excluding carboxylic acids is 1. The highest BCUT2D eigenvalue weighted by atomic mass is 16.2. The normalized spacial score (nSPS) is 16.6. The Bertz CT molecular complexity index is 434. The fraction of sp³-hybridized carbons (Fsp3) is 0.562. The van der Waals surface area contributed by atoms with E-state index in [-0.39, 0.29) is 5.91 Å². The molecule has 4 nitrogen and oxygen atoms in total. The lowest BCUT2D eigenvalue weighted by molar-refractivity contribution is 0.0632. The van der Waals surface area contributed by atoms with E-state index in [9.17, 15) is 4.79 Å². The maximum absolute atomic E-state index is 12.4. The highest BCUT2D eigenvalue weighted by Crippen LogP contribution is 2.12. The van der Waals surface area contributed by atoms with Crippen LogP contribution in [0, 0.1) is 5.92 Å². The molecule has 0 aliphatic carbocycles. The van der Waals surface area contributed by atoms with Gasteiger partial charge in [-0.25, -0.2) is 0 Å². The van der Waals surface area contributed by atoms with Crippen molar-refractivity contribution in [3.63, 3.8) is 0 Å². The summed E-state index contributed by atoms with van der Waals surface area (Å²) >= 11 is 0. The van der Waals surface area contributed by atoms with Crippen molar-refractivity contribution < 1.29 is 4.79 Å². The molecule has 1 aliphatic rings. The first-order valence-corrected chi connectivity index (χ1v) is 7.43. The molecule has 20 heavy (non-hydrogen) atoms. The molecule has 2 N–H and O–H groups in total. The first kappa shape index (κ1) is 14.9. The van der Waals surface area contributed by atoms with Gasteiger partial charge in [0.15, 0.2) is 0 Å². The lowest BCUT2D eigenvalue weighted by atomic mass is 10.1.